The average molecular weight is 392 g/mol. The molecule has 2 rings (SSSR count). The number of nitrogens with one attached hydrogen (secondary N) is 1. The second-order valence-electron chi connectivity index (χ2n) is 4.24. The van der Waals surface area contributed by atoms with E-state index in [4.69, 9.17) is 16.3 Å². The molecule has 8 heteroatoms. The topological polar surface area (TPSA) is 68.3 Å². The van der Waals surface area contributed by atoms with Crippen molar-refractivity contribution < 1.29 is 13.2 Å². The Kier molecular flexibility index (Phi) is 4.75. The van der Waals surface area contributed by atoms with E-state index in [0.29, 0.717) is 9.50 Å². The minimum Gasteiger partial charge on any atom is -0.495 e. The zero-order valence-corrected chi connectivity index (χ0v) is 14.4. The first-order valence-corrected chi connectivity index (χ1v) is 8.47. The lowest BCUT2D eigenvalue weighted by atomic mass is 10.3. The van der Waals surface area contributed by atoms with E-state index in [1.165, 1.54) is 19.2 Å². The maximum absolute atomic E-state index is 12.5. The Morgan fingerprint density at radius 3 is 2.67 bits per heavy atom. The van der Waals surface area contributed by atoms with E-state index in [9.17, 15) is 8.42 Å². The second kappa shape index (κ2) is 6.21. The lowest BCUT2D eigenvalue weighted by molar-refractivity contribution is 0.403. The van der Waals surface area contributed by atoms with Crippen LogP contribution in [0.4, 0.5) is 5.82 Å². The van der Waals surface area contributed by atoms with Crippen LogP contribution in [0.2, 0.25) is 5.02 Å². The van der Waals surface area contributed by atoms with Gasteiger partial charge in [0.2, 0.25) is 0 Å². The molecule has 0 aliphatic heterocycles. The molecule has 0 bridgehead atoms. The molecule has 0 atom stereocenters. The molecule has 0 saturated carbocycles. The minimum atomic E-state index is -3.87. The summed E-state index contributed by atoms with van der Waals surface area (Å²) in [6.45, 7) is 1.86. The van der Waals surface area contributed by atoms with Crippen molar-refractivity contribution in [2.45, 2.75) is 11.8 Å². The molecule has 112 valence electrons. The molecule has 0 fully saturated rings. The van der Waals surface area contributed by atoms with Crippen molar-refractivity contribution in [3.63, 3.8) is 0 Å². The van der Waals surface area contributed by atoms with Crippen molar-refractivity contribution in [3.05, 3.63) is 45.5 Å². The van der Waals surface area contributed by atoms with Crippen LogP contribution in [-0.4, -0.2) is 20.5 Å². The quantitative estimate of drug-likeness (QED) is 0.864. The molecular formula is C13H12BrClN2O3S. The van der Waals surface area contributed by atoms with Crippen LogP contribution in [0.5, 0.6) is 5.75 Å². The highest BCUT2D eigenvalue weighted by Gasteiger charge is 2.21. The van der Waals surface area contributed by atoms with Gasteiger partial charge in [0.25, 0.3) is 10.0 Å². The number of anilines is 1. The smallest absolute Gasteiger partial charge is 0.266 e. The fourth-order valence-electron chi connectivity index (χ4n) is 1.65. The van der Waals surface area contributed by atoms with Crippen LogP contribution in [0.25, 0.3) is 0 Å². The Labute approximate surface area is 136 Å². The third-order valence-corrected chi connectivity index (χ3v) is 4.82. The summed E-state index contributed by atoms with van der Waals surface area (Å²) in [4.78, 5) is 4.01. The predicted octanol–water partition coefficient (Wildman–Crippen LogP) is 3.62. The van der Waals surface area contributed by atoms with Crippen molar-refractivity contribution in [1.29, 1.82) is 0 Å². The van der Waals surface area contributed by atoms with Gasteiger partial charge in [-0.05, 0) is 52.7 Å². The first-order valence-electron chi connectivity index (χ1n) is 5.82. The summed E-state index contributed by atoms with van der Waals surface area (Å²) in [6, 6.07) is 6.14. The number of benzene rings is 1. The normalized spacial score (nSPS) is 11.2. The zero-order chi connectivity index (χ0) is 15.6. The maximum Gasteiger partial charge on any atom is 0.266 e. The molecule has 0 spiro atoms. The highest BCUT2D eigenvalue weighted by atomic mass is 79.9. The lowest BCUT2D eigenvalue weighted by Gasteiger charge is -2.12. The standard InChI is InChI=1S/C13H12BrClN2O3S/c1-8-5-10(14)13(16-7-8)17-21(18,19)12-6-9(15)3-4-11(12)20-2/h3-7H,1-2H3,(H,16,17). The minimum absolute atomic E-state index is 0.0493. The van der Waals surface area contributed by atoms with Gasteiger partial charge in [-0.15, -0.1) is 0 Å². The Morgan fingerprint density at radius 2 is 2.05 bits per heavy atom. The van der Waals surface area contributed by atoms with Gasteiger partial charge in [-0.1, -0.05) is 11.6 Å². The molecule has 5 nitrogen and oxygen atoms in total. The Balaban J connectivity index is 2.45. The van der Waals surface area contributed by atoms with Crippen LogP contribution >= 0.6 is 27.5 Å². The molecule has 0 unspecified atom stereocenters. The molecule has 0 aliphatic rings. The largest absolute Gasteiger partial charge is 0.495 e. The third-order valence-electron chi connectivity index (χ3n) is 2.62. The molecule has 0 saturated heterocycles. The van der Waals surface area contributed by atoms with Gasteiger partial charge < -0.3 is 4.74 Å². The summed E-state index contributed by atoms with van der Waals surface area (Å²) in [6.07, 6.45) is 1.57. The Hall–Kier alpha value is -1.31. The third kappa shape index (κ3) is 3.66. The molecule has 0 amide bonds. The van der Waals surface area contributed by atoms with Crippen molar-refractivity contribution in [2.75, 3.05) is 11.8 Å². The van der Waals surface area contributed by atoms with Crippen LogP contribution in [0, 0.1) is 6.92 Å². The van der Waals surface area contributed by atoms with Gasteiger partial charge in [0.1, 0.15) is 10.6 Å². The van der Waals surface area contributed by atoms with E-state index in [1.54, 1.807) is 18.3 Å². The van der Waals surface area contributed by atoms with E-state index < -0.39 is 10.0 Å². The van der Waals surface area contributed by atoms with Gasteiger partial charge in [0, 0.05) is 11.2 Å². The van der Waals surface area contributed by atoms with E-state index in [1.807, 2.05) is 6.92 Å². The van der Waals surface area contributed by atoms with Crippen LogP contribution in [0.3, 0.4) is 0 Å². The number of rotatable bonds is 4. The van der Waals surface area contributed by atoms with Crippen LogP contribution in [-0.2, 0) is 10.0 Å². The fraction of sp³-hybridized carbons (Fsp3) is 0.154. The average Bonchev–Trinajstić information content (AvgIpc) is 2.42. The lowest BCUT2D eigenvalue weighted by Crippen LogP contribution is -2.15. The Morgan fingerprint density at radius 1 is 1.33 bits per heavy atom. The molecule has 0 aliphatic carbocycles. The highest BCUT2D eigenvalue weighted by molar-refractivity contribution is 9.10. The summed E-state index contributed by atoms with van der Waals surface area (Å²) < 4.78 is 32.9. The highest BCUT2D eigenvalue weighted by Crippen LogP contribution is 2.30. The molecule has 0 radical (unpaired) electrons. The number of sulfonamides is 1. The number of aryl methyl sites for hydroxylation is 1. The number of aromatic nitrogens is 1. The van der Waals surface area contributed by atoms with Gasteiger partial charge in [0.05, 0.1) is 11.6 Å². The van der Waals surface area contributed by atoms with Gasteiger partial charge in [0.15, 0.2) is 5.82 Å². The van der Waals surface area contributed by atoms with E-state index in [-0.39, 0.29) is 16.5 Å². The van der Waals surface area contributed by atoms with Crippen molar-refractivity contribution >= 4 is 43.4 Å². The van der Waals surface area contributed by atoms with E-state index in [0.717, 1.165) is 5.56 Å². The number of pyridine rings is 1. The van der Waals surface area contributed by atoms with E-state index in [2.05, 4.69) is 25.6 Å². The molecular weight excluding hydrogens is 380 g/mol. The summed E-state index contributed by atoms with van der Waals surface area (Å²) in [5, 5.41) is 0.298. The monoisotopic (exact) mass is 390 g/mol. The van der Waals surface area contributed by atoms with Crippen molar-refractivity contribution in [1.82, 2.24) is 4.98 Å². The molecule has 1 N–H and O–H groups in total. The van der Waals surface area contributed by atoms with Gasteiger partial charge in [-0.2, -0.15) is 0 Å². The van der Waals surface area contributed by atoms with Crippen LogP contribution in [0.1, 0.15) is 5.56 Å². The van der Waals surface area contributed by atoms with Gasteiger partial charge in [-0.25, -0.2) is 13.4 Å². The molecule has 1 aromatic heterocycles. The second-order valence-corrected chi connectivity index (χ2v) is 7.19. The number of halogens is 2. The number of nitrogens with zero attached hydrogens (tertiary/aromatic N) is 1. The first kappa shape index (κ1) is 16.1. The van der Waals surface area contributed by atoms with Crippen LogP contribution in [0.15, 0.2) is 39.8 Å². The summed E-state index contributed by atoms with van der Waals surface area (Å²) in [5.41, 5.74) is 0.908. The van der Waals surface area contributed by atoms with Crippen LogP contribution < -0.4 is 9.46 Å². The Bertz CT molecular complexity index is 781. The van der Waals surface area contributed by atoms with Crippen molar-refractivity contribution in [3.8, 4) is 5.75 Å². The molecule has 1 aromatic carbocycles. The maximum atomic E-state index is 12.5. The number of hydrogen-bond acceptors (Lipinski definition) is 4. The zero-order valence-electron chi connectivity index (χ0n) is 11.2. The number of ether oxygens (including phenoxy) is 1. The number of hydrogen-bond donors (Lipinski definition) is 1. The summed E-state index contributed by atoms with van der Waals surface area (Å²) >= 11 is 9.14. The molecule has 1 heterocycles. The SMILES string of the molecule is COc1ccc(Cl)cc1S(=O)(=O)Nc1ncc(C)cc1Br. The van der Waals surface area contributed by atoms with Gasteiger partial charge >= 0.3 is 0 Å². The predicted molar refractivity (Wildman–Crippen MR) is 85.5 cm³/mol. The fourth-order valence-corrected chi connectivity index (χ4v) is 3.81. The van der Waals surface area contributed by atoms with E-state index >= 15 is 0 Å². The number of methoxy groups -OCH3 is 1. The summed E-state index contributed by atoms with van der Waals surface area (Å²) in [5.74, 6) is 0.401. The summed E-state index contributed by atoms with van der Waals surface area (Å²) in [7, 11) is -2.47. The van der Waals surface area contributed by atoms with Crippen molar-refractivity contribution in [2.24, 2.45) is 0 Å². The molecule has 2 aromatic rings. The first-order chi connectivity index (χ1) is 9.83. The molecule has 21 heavy (non-hydrogen) atoms. The van der Waals surface area contributed by atoms with Gasteiger partial charge in [-0.3, -0.25) is 4.72 Å².